The summed E-state index contributed by atoms with van der Waals surface area (Å²) >= 11 is 1.85. The highest BCUT2D eigenvalue weighted by Crippen LogP contribution is 2.13. The van der Waals surface area contributed by atoms with E-state index in [9.17, 15) is 9.59 Å². The zero-order valence-electron chi connectivity index (χ0n) is 12.3. The van der Waals surface area contributed by atoms with Crippen LogP contribution in [0.5, 0.6) is 0 Å². The Morgan fingerprint density at radius 2 is 2.14 bits per heavy atom. The van der Waals surface area contributed by atoms with Crippen LogP contribution >= 0.6 is 11.8 Å². The minimum atomic E-state index is -0.520. The van der Waals surface area contributed by atoms with Crippen LogP contribution in [0.3, 0.4) is 0 Å². The molecule has 2 N–H and O–H groups in total. The summed E-state index contributed by atoms with van der Waals surface area (Å²) in [6, 6.07) is 4.72. The van der Waals surface area contributed by atoms with E-state index in [2.05, 4.69) is 15.3 Å². The van der Waals surface area contributed by atoms with Crippen molar-refractivity contribution in [1.82, 2.24) is 20.2 Å². The topological polar surface area (TPSA) is 78.1 Å². The largest absolute Gasteiger partial charge is 0.345 e. The van der Waals surface area contributed by atoms with E-state index < -0.39 is 6.04 Å². The van der Waals surface area contributed by atoms with Gasteiger partial charge in [-0.05, 0) is 25.1 Å². The summed E-state index contributed by atoms with van der Waals surface area (Å²) in [5.74, 6) is 1.66. The van der Waals surface area contributed by atoms with Crippen LogP contribution in [0, 0.1) is 0 Å². The molecule has 2 heterocycles. The van der Waals surface area contributed by atoms with Crippen LogP contribution in [-0.4, -0.2) is 57.3 Å². The van der Waals surface area contributed by atoms with Crippen molar-refractivity contribution < 1.29 is 9.59 Å². The first-order valence-corrected chi connectivity index (χ1v) is 8.41. The molecule has 1 unspecified atom stereocenters. The molecule has 116 valence electrons. The fourth-order valence-corrected chi connectivity index (χ4v) is 3.38. The monoisotopic (exact) mass is 318 g/mol. The molecule has 1 aliphatic rings. The molecule has 1 fully saturated rings. The highest BCUT2D eigenvalue weighted by molar-refractivity contribution is 7.99. The summed E-state index contributed by atoms with van der Waals surface area (Å²) in [6.45, 7) is 3.24. The fourth-order valence-electron chi connectivity index (χ4n) is 2.48. The van der Waals surface area contributed by atoms with Crippen molar-refractivity contribution in [3.63, 3.8) is 0 Å². The van der Waals surface area contributed by atoms with E-state index in [0.29, 0.717) is 5.56 Å². The Labute approximate surface area is 132 Å². The van der Waals surface area contributed by atoms with Crippen LogP contribution in [-0.2, 0) is 4.79 Å². The average molecular weight is 318 g/mol. The molecule has 0 saturated carbocycles. The zero-order valence-corrected chi connectivity index (χ0v) is 13.2. The number of amides is 2. The molecule has 1 atom stereocenters. The molecule has 1 aliphatic heterocycles. The third-order valence-corrected chi connectivity index (χ3v) is 4.67. The van der Waals surface area contributed by atoms with E-state index in [1.165, 1.54) is 0 Å². The van der Waals surface area contributed by atoms with E-state index in [1.54, 1.807) is 31.5 Å². The number of hydrogen-bond donors (Lipinski definition) is 2. The second-order valence-electron chi connectivity index (χ2n) is 5.27. The molecule has 6 nitrogen and oxygen atoms in total. The van der Waals surface area contributed by atoms with E-state index in [1.807, 2.05) is 16.7 Å². The molecule has 1 aromatic carbocycles. The summed E-state index contributed by atoms with van der Waals surface area (Å²) in [5, 5.41) is 2.78. The molecular weight excluding hydrogens is 300 g/mol. The minimum Gasteiger partial charge on any atom is -0.345 e. The number of rotatable bonds is 3. The average Bonchev–Trinajstić information content (AvgIpc) is 3.02. The van der Waals surface area contributed by atoms with Gasteiger partial charge in [0.1, 0.15) is 6.04 Å². The van der Waals surface area contributed by atoms with Crippen LogP contribution in [0.25, 0.3) is 11.0 Å². The van der Waals surface area contributed by atoms with Crippen LogP contribution < -0.4 is 5.32 Å². The Balaban J connectivity index is 1.65. The SMILES string of the molecule is CC(NC(=O)c1ccc2nc[nH]c2c1)C(=O)N1CCSCC1. The van der Waals surface area contributed by atoms with Crippen LogP contribution in [0.15, 0.2) is 24.5 Å². The van der Waals surface area contributed by atoms with Gasteiger partial charge in [-0.1, -0.05) is 0 Å². The number of carbonyl (C=O) groups excluding carboxylic acids is 2. The predicted molar refractivity (Wildman–Crippen MR) is 86.9 cm³/mol. The number of aromatic amines is 1. The first-order valence-electron chi connectivity index (χ1n) is 7.25. The van der Waals surface area contributed by atoms with Crippen LogP contribution in [0.4, 0.5) is 0 Å². The van der Waals surface area contributed by atoms with E-state index in [4.69, 9.17) is 0 Å². The van der Waals surface area contributed by atoms with Crippen molar-refractivity contribution in [2.45, 2.75) is 13.0 Å². The Morgan fingerprint density at radius 1 is 1.36 bits per heavy atom. The van der Waals surface area contributed by atoms with Gasteiger partial charge in [0.05, 0.1) is 17.4 Å². The number of nitrogens with one attached hydrogen (secondary N) is 2. The Kier molecular flexibility index (Phi) is 4.33. The summed E-state index contributed by atoms with van der Waals surface area (Å²) in [5.41, 5.74) is 2.14. The van der Waals surface area contributed by atoms with Gasteiger partial charge in [-0.25, -0.2) is 4.98 Å². The fraction of sp³-hybridized carbons (Fsp3) is 0.400. The molecule has 2 aromatic rings. The summed E-state index contributed by atoms with van der Waals surface area (Å²) in [4.78, 5) is 33.5. The van der Waals surface area contributed by atoms with Gasteiger partial charge in [-0.15, -0.1) is 0 Å². The number of thioether (sulfide) groups is 1. The lowest BCUT2D eigenvalue weighted by atomic mass is 10.1. The Hall–Kier alpha value is -2.02. The first kappa shape index (κ1) is 14.9. The standard InChI is InChI=1S/C15H18N4O2S/c1-10(15(21)19-4-6-22-7-5-19)18-14(20)11-2-3-12-13(8-11)17-9-16-12/h2-3,8-10H,4-7H2,1H3,(H,16,17)(H,18,20). The molecular formula is C15H18N4O2S. The van der Waals surface area contributed by atoms with Crippen molar-refractivity contribution in [2.75, 3.05) is 24.6 Å². The van der Waals surface area contributed by atoms with Crippen molar-refractivity contribution in [3.05, 3.63) is 30.1 Å². The van der Waals surface area contributed by atoms with Crippen LogP contribution in [0.1, 0.15) is 17.3 Å². The lowest BCUT2D eigenvalue weighted by molar-refractivity contribution is -0.132. The molecule has 0 aliphatic carbocycles. The van der Waals surface area contributed by atoms with Crippen molar-refractivity contribution >= 4 is 34.6 Å². The lowest BCUT2D eigenvalue weighted by Gasteiger charge is -2.29. The van der Waals surface area contributed by atoms with Gasteiger partial charge >= 0.3 is 0 Å². The molecule has 3 rings (SSSR count). The maximum atomic E-state index is 12.3. The quantitative estimate of drug-likeness (QED) is 0.893. The van der Waals surface area contributed by atoms with Crippen molar-refractivity contribution in [1.29, 1.82) is 0 Å². The molecule has 0 spiro atoms. The van der Waals surface area contributed by atoms with Gasteiger partial charge in [-0.3, -0.25) is 9.59 Å². The van der Waals surface area contributed by atoms with Gasteiger partial charge < -0.3 is 15.2 Å². The number of H-pyrrole nitrogens is 1. The van der Waals surface area contributed by atoms with Gasteiger partial charge in [-0.2, -0.15) is 11.8 Å². The lowest BCUT2D eigenvalue weighted by Crippen LogP contribution is -2.49. The number of imidazole rings is 1. The summed E-state index contributed by atoms with van der Waals surface area (Å²) in [6.07, 6.45) is 1.59. The number of hydrogen-bond acceptors (Lipinski definition) is 4. The Morgan fingerprint density at radius 3 is 2.91 bits per heavy atom. The number of benzene rings is 1. The van der Waals surface area contributed by atoms with Gasteiger partial charge in [0.25, 0.3) is 5.91 Å². The third-order valence-electron chi connectivity index (χ3n) is 3.72. The molecule has 1 saturated heterocycles. The van der Waals surface area contributed by atoms with Gasteiger partial charge in [0.15, 0.2) is 0 Å². The molecule has 0 bridgehead atoms. The minimum absolute atomic E-state index is 0.0173. The van der Waals surface area contributed by atoms with E-state index in [0.717, 1.165) is 35.6 Å². The number of aromatic nitrogens is 2. The Bertz CT molecular complexity index is 694. The summed E-state index contributed by atoms with van der Waals surface area (Å²) < 4.78 is 0. The third kappa shape index (κ3) is 3.09. The van der Waals surface area contributed by atoms with Gasteiger partial charge in [0.2, 0.25) is 5.91 Å². The second kappa shape index (κ2) is 6.39. The number of nitrogens with zero attached hydrogens (tertiary/aromatic N) is 2. The second-order valence-corrected chi connectivity index (χ2v) is 6.49. The van der Waals surface area contributed by atoms with Crippen molar-refractivity contribution in [2.24, 2.45) is 0 Å². The molecule has 2 amide bonds. The molecule has 0 radical (unpaired) electrons. The maximum absolute atomic E-state index is 12.3. The number of carbonyl (C=O) groups is 2. The number of fused-ring (bicyclic) bond motifs is 1. The smallest absolute Gasteiger partial charge is 0.251 e. The highest BCUT2D eigenvalue weighted by atomic mass is 32.2. The van der Waals surface area contributed by atoms with Gasteiger partial charge in [0, 0.05) is 30.2 Å². The van der Waals surface area contributed by atoms with Crippen LogP contribution in [0.2, 0.25) is 0 Å². The molecule has 22 heavy (non-hydrogen) atoms. The zero-order chi connectivity index (χ0) is 15.5. The van der Waals surface area contributed by atoms with Crippen molar-refractivity contribution in [3.8, 4) is 0 Å². The normalized spacial score (nSPS) is 16.5. The summed E-state index contributed by atoms with van der Waals surface area (Å²) in [7, 11) is 0. The molecule has 1 aromatic heterocycles. The van der Waals surface area contributed by atoms with E-state index in [-0.39, 0.29) is 11.8 Å². The predicted octanol–water partition coefficient (Wildman–Crippen LogP) is 1.26. The molecule has 7 heteroatoms. The maximum Gasteiger partial charge on any atom is 0.251 e. The highest BCUT2D eigenvalue weighted by Gasteiger charge is 2.23. The first-order chi connectivity index (χ1) is 10.6. The van der Waals surface area contributed by atoms with E-state index >= 15 is 0 Å².